The summed E-state index contributed by atoms with van der Waals surface area (Å²) >= 11 is 0. The normalized spacial score (nSPS) is 12.0. The number of rotatable bonds is 2. The topological polar surface area (TPSA) is 55.1 Å². The fourth-order valence-electron chi connectivity index (χ4n) is 1.96. The highest BCUT2D eigenvalue weighted by atomic mass is 16.4. The molecule has 0 aliphatic heterocycles. The fourth-order valence-corrected chi connectivity index (χ4v) is 1.96. The van der Waals surface area contributed by atoms with Crippen LogP contribution in [0.2, 0.25) is 0 Å². The van der Waals surface area contributed by atoms with E-state index in [2.05, 4.69) is 5.10 Å². The van der Waals surface area contributed by atoms with Gasteiger partial charge in [-0.05, 0) is 26.3 Å². The Bertz CT molecular complexity index is 597. The number of hydrogen-bond acceptors (Lipinski definition) is 2. The zero-order valence-corrected chi connectivity index (χ0v) is 10.5. The molecular formula is C13H16N2O2. The van der Waals surface area contributed by atoms with Crippen LogP contribution in [0.3, 0.4) is 0 Å². The number of aromatic nitrogens is 2. The third-order valence-electron chi connectivity index (χ3n) is 3.37. The van der Waals surface area contributed by atoms with E-state index >= 15 is 0 Å². The van der Waals surface area contributed by atoms with E-state index in [1.54, 1.807) is 18.5 Å². The van der Waals surface area contributed by atoms with Crippen molar-refractivity contribution in [1.82, 2.24) is 9.78 Å². The Hall–Kier alpha value is -1.84. The number of hydrogen-bond donors (Lipinski definition) is 1. The molecule has 0 atom stereocenters. The van der Waals surface area contributed by atoms with Gasteiger partial charge in [-0.15, -0.1) is 0 Å². The molecule has 0 aliphatic carbocycles. The van der Waals surface area contributed by atoms with Gasteiger partial charge in [-0.2, -0.15) is 5.10 Å². The first-order valence-electron chi connectivity index (χ1n) is 5.52. The molecule has 0 spiro atoms. The number of carboxylic acid groups (broad SMARTS) is 1. The maximum Gasteiger partial charge on any atom is 0.313 e. The van der Waals surface area contributed by atoms with Crippen molar-refractivity contribution in [2.24, 2.45) is 7.05 Å². The summed E-state index contributed by atoms with van der Waals surface area (Å²) in [5, 5.41) is 14.7. The first-order chi connectivity index (χ1) is 7.85. The van der Waals surface area contributed by atoms with Gasteiger partial charge in [0.05, 0.1) is 10.9 Å². The first-order valence-corrected chi connectivity index (χ1v) is 5.52. The molecule has 0 amide bonds. The third-order valence-corrected chi connectivity index (χ3v) is 3.37. The van der Waals surface area contributed by atoms with Crippen LogP contribution in [0.1, 0.15) is 25.1 Å². The van der Waals surface area contributed by atoms with Crippen LogP contribution in [-0.4, -0.2) is 20.9 Å². The molecule has 4 heteroatoms. The van der Waals surface area contributed by atoms with Gasteiger partial charge in [-0.3, -0.25) is 9.48 Å². The summed E-state index contributed by atoms with van der Waals surface area (Å²) in [7, 11) is 1.87. The Morgan fingerprint density at radius 1 is 1.41 bits per heavy atom. The molecule has 1 aromatic carbocycles. The summed E-state index contributed by atoms with van der Waals surface area (Å²) < 4.78 is 1.78. The van der Waals surface area contributed by atoms with Crippen LogP contribution in [0.15, 0.2) is 18.2 Å². The van der Waals surface area contributed by atoms with E-state index in [4.69, 9.17) is 0 Å². The minimum Gasteiger partial charge on any atom is -0.481 e. The van der Waals surface area contributed by atoms with Crippen molar-refractivity contribution in [2.75, 3.05) is 0 Å². The molecule has 0 aliphatic rings. The molecule has 0 saturated heterocycles. The van der Waals surface area contributed by atoms with Crippen molar-refractivity contribution in [1.29, 1.82) is 0 Å². The zero-order valence-electron chi connectivity index (χ0n) is 10.5. The predicted octanol–water partition coefficient (Wildman–Crippen LogP) is 2.24. The maximum absolute atomic E-state index is 11.3. The molecule has 0 saturated carbocycles. The van der Waals surface area contributed by atoms with Gasteiger partial charge in [0.1, 0.15) is 0 Å². The highest BCUT2D eigenvalue weighted by molar-refractivity contribution is 5.91. The summed E-state index contributed by atoms with van der Waals surface area (Å²) in [5.74, 6) is -0.840. The largest absolute Gasteiger partial charge is 0.481 e. The molecule has 90 valence electrons. The summed E-state index contributed by atoms with van der Waals surface area (Å²) in [4.78, 5) is 11.3. The van der Waals surface area contributed by atoms with Crippen LogP contribution in [0.4, 0.5) is 0 Å². The number of aliphatic carboxylic acids is 1. The van der Waals surface area contributed by atoms with E-state index in [0.29, 0.717) is 0 Å². The molecule has 17 heavy (non-hydrogen) atoms. The van der Waals surface area contributed by atoms with Crippen molar-refractivity contribution >= 4 is 16.9 Å². The van der Waals surface area contributed by atoms with Gasteiger partial charge in [0.25, 0.3) is 0 Å². The molecule has 0 unspecified atom stereocenters. The van der Waals surface area contributed by atoms with E-state index in [0.717, 1.165) is 22.2 Å². The highest BCUT2D eigenvalue weighted by Gasteiger charge is 2.32. The van der Waals surface area contributed by atoms with Gasteiger partial charge >= 0.3 is 5.97 Å². The fraction of sp³-hybridized carbons (Fsp3) is 0.385. The van der Waals surface area contributed by atoms with E-state index in [-0.39, 0.29) is 0 Å². The van der Waals surface area contributed by atoms with Gasteiger partial charge in [-0.1, -0.05) is 18.2 Å². The van der Waals surface area contributed by atoms with Crippen LogP contribution in [-0.2, 0) is 17.3 Å². The highest BCUT2D eigenvalue weighted by Crippen LogP contribution is 2.30. The molecule has 4 nitrogen and oxygen atoms in total. The minimum absolute atomic E-state index is 0.756. The van der Waals surface area contributed by atoms with Crippen molar-refractivity contribution in [3.63, 3.8) is 0 Å². The molecule has 0 fully saturated rings. The Morgan fingerprint density at radius 2 is 2.06 bits per heavy atom. The van der Waals surface area contributed by atoms with E-state index in [1.807, 2.05) is 32.2 Å². The van der Waals surface area contributed by atoms with Gasteiger partial charge in [0, 0.05) is 18.1 Å². The third kappa shape index (κ3) is 1.60. The predicted molar refractivity (Wildman–Crippen MR) is 66.1 cm³/mol. The Morgan fingerprint density at radius 3 is 2.65 bits per heavy atom. The lowest BCUT2D eigenvalue weighted by Crippen LogP contribution is -2.28. The number of nitrogens with zero attached hydrogens (tertiary/aromatic N) is 2. The van der Waals surface area contributed by atoms with E-state index in [9.17, 15) is 9.90 Å². The van der Waals surface area contributed by atoms with Crippen LogP contribution < -0.4 is 0 Å². The van der Waals surface area contributed by atoms with Crippen LogP contribution >= 0.6 is 0 Å². The van der Waals surface area contributed by atoms with Gasteiger partial charge < -0.3 is 5.11 Å². The molecule has 1 aromatic heterocycles. The average molecular weight is 232 g/mol. The Kier molecular flexibility index (Phi) is 2.45. The number of fused-ring (bicyclic) bond motifs is 1. The van der Waals surface area contributed by atoms with E-state index in [1.165, 1.54) is 0 Å². The van der Waals surface area contributed by atoms with Crippen LogP contribution in [0.25, 0.3) is 10.9 Å². The van der Waals surface area contributed by atoms with Gasteiger partial charge in [0.2, 0.25) is 0 Å². The summed E-state index contributed by atoms with van der Waals surface area (Å²) in [6.45, 7) is 5.38. The van der Waals surface area contributed by atoms with Crippen molar-refractivity contribution in [2.45, 2.75) is 26.2 Å². The lowest BCUT2D eigenvalue weighted by molar-refractivity contribution is -0.142. The number of carbonyl (C=O) groups is 1. The van der Waals surface area contributed by atoms with E-state index < -0.39 is 11.4 Å². The first kappa shape index (κ1) is 11.6. The molecule has 1 heterocycles. The van der Waals surface area contributed by atoms with Crippen LogP contribution in [0.5, 0.6) is 0 Å². The summed E-state index contributed by atoms with van der Waals surface area (Å²) in [6, 6.07) is 5.69. The lowest BCUT2D eigenvalue weighted by Gasteiger charge is -2.19. The van der Waals surface area contributed by atoms with Gasteiger partial charge in [0.15, 0.2) is 0 Å². The second kappa shape index (κ2) is 3.58. The molecule has 2 aromatic rings. The van der Waals surface area contributed by atoms with Crippen LogP contribution in [0, 0.1) is 6.92 Å². The second-order valence-electron chi connectivity index (χ2n) is 4.84. The molecule has 0 radical (unpaired) electrons. The van der Waals surface area contributed by atoms with Crippen molar-refractivity contribution < 1.29 is 9.90 Å². The Labute approximate surface area is 99.9 Å². The SMILES string of the molecule is Cc1c2cccc(C(C)(C)C(=O)O)c2nn1C. The van der Waals surface area contributed by atoms with Crippen molar-refractivity contribution in [3.8, 4) is 0 Å². The molecule has 2 rings (SSSR count). The van der Waals surface area contributed by atoms with Crippen molar-refractivity contribution in [3.05, 3.63) is 29.5 Å². The number of aryl methyl sites for hydroxylation is 2. The summed E-state index contributed by atoms with van der Waals surface area (Å²) in [6.07, 6.45) is 0. The number of benzene rings is 1. The molecule has 1 N–H and O–H groups in total. The minimum atomic E-state index is -0.930. The quantitative estimate of drug-likeness (QED) is 0.864. The lowest BCUT2D eigenvalue weighted by atomic mass is 9.83. The zero-order chi connectivity index (χ0) is 12.8. The second-order valence-corrected chi connectivity index (χ2v) is 4.84. The maximum atomic E-state index is 11.3. The number of carboxylic acids is 1. The monoisotopic (exact) mass is 232 g/mol. The van der Waals surface area contributed by atoms with Gasteiger partial charge in [-0.25, -0.2) is 0 Å². The average Bonchev–Trinajstić information content (AvgIpc) is 2.55. The smallest absolute Gasteiger partial charge is 0.313 e. The molecule has 0 bridgehead atoms. The Balaban J connectivity index is 2.80. The molecular weight excluding hydrogens is 216 g/mol. The summed E-state index contributed by atoms with van der Waals surface area (Å²) in [5.41, 5.74) is 1.65. The standard InChI is InChI=1S/C13H16N2O2/c1-8-9-6-5-7-10(11(9)14-15(8)4)13(2,3)12(16)17/h5-7H,1-4H3,(H,16,17).